The van der Waals surface area contributed by atoms with E-state index in [9.17, 15) is 23.4 Å². The van der Waals surface area contributed by atoms with Crippen molar-refractivity contribution >= 4 is 40.7 Å². The number of nitrogens with one attached hydrogen (secondary N) is 3. The fourth-order valence-electron chi connectivity index (χ4n) is 4.02. The Balaban J connectivity index is 1.57. The third kappa shape index (κ3) is 19.1. The summed E-state index contributed by atoms with van der Waals surface area (Å²) >= 11 is 0. The number of carbonyl (C=O) groups is 4. The Kier molecular flexibility index (Phi) is 19.4. The summed E-state index contributed by atoms with van der Waals surface area (Å²) in [7, 11) is 0.0703. The summed E-state index contributed by atoms with van der Waals surface area (Å²) in [6, 6.07) is 6.58. The Bertz CT molecular complexity index is 1360. The predicted molar refractivity (Wildman–Crippen MR) is 179 cm³/mol. The first-order chi connectivity index (χ1) is 23.8. The number of carbonyl (C=O) groups excluding carboxylic acids is 2. The number of carboxylic acid groups (broad SMARTS) is 2. The van der Waals surface area contributed by atoms with Gasteiger partial charge < -0.3 is 44.6 Å². The molecule has 1 aromatic heterocycles. The third-order valence-electron chi connectivity index (χ3n) is 6.37. The van der Waals surface area contributed by atoms with Gasteiger partial charge in [0.1, 0.15) is 19.0 Å². The highest BCUT2D eigenvalue weighted by molar-refractivity contribution is 7.86. The Morgan fingerprint density at radius 2 is 1.40 bits per heavy atom. The second-order valence-corrected chi connectivity index (χ2v) is 12.6. The normalized spacial score (nSPS) is 11.9. The van der Waals surface area contributed by atoms with Crippen LogP contribution in [0.3, 0.4) is 0 Å². The van der Waals surface area contributed by atoms with Crippen molar-refractivity contribution in [3.05, 3.63) is 42.2 Å². The lowest BCUT2D eigenvalue weighted by Gasteiger charge is -2.29. The zero-order valence-corrected chi connectivity index (χ0v) is 29.2. The minimum absolute atomic E-state index is 0.0638. The van der Waals surface area contributed by atoms with Crippen LogP contribution in [0.25, 0.3) is 0 Å². The first kappa shape index (κ1) is 41.9. The second kappa shape index (κ2) is 23.2. The van der Waals surface area contributed by atoms with Crippen molar-refractivity contribution in [1.29, 1.82) is 0 Å². The molecule has 0 fully saturated rings. The summed E-state index contributed by atoms with van der Waals surface area (Å²) in [5.41, 5.74) is -0.0715. The number of carboxylic acids is 2. The Morgan fingerprint density at radius 3 is 2.00 bits per heavy atom. The molecule has 0 saturated carbocycles. The van der Waals surface area contributed by atoms with Crippen molar-refractivity contribution in [3.63, 3.8) is 0 Å². The zero-order valence-electron chi connectivity index (χ0n) is 28.4. The van der Waals surface area contributed by atoms with Crippen molar-refractivity contribution in [2.75, 3.05) is 84.3 Å². The van der Waals surface area contributed by atoms with Crippen LogP contribution in [-0.2, 0) is 44.3 Å². The number of amides is 2. The van der Waals surface area contributed by atoms with Gasteiger partial charge in [0.25, 0.3) is 5.91 Å². The van der Waals surface area contributed by atoms with Crippen LogP contribution in [0.2, 0.25) is 0 Å². The molecule has 19 heteroatoms. The molecular weight excluding hydrogens is 680 g/mol. The van der Waals surface area contributed by atoms with Crippen LogP contribution in [0.4, 0.5) is 5.95 Å². The molecule has 18 nitrogen and oxygen atoms in total. The van der Waals surface area contributed by atoms with E-state index in [0.717, 1.165) is 0 Å². The number of aliphatic carboxylic acids is 2. The van der Waals surface area contributed by atoms with Gasteiger partial charge in [-0.3, -0.25) is 19.1 Å². The monoisotopic (exact) mass is 726 g/mol. The summed E-state index contributed by atoms with van der Waals surface area (Å²) in [5.74, 6) is -2.05. The average molecular weight is 727 g/mol. The van der Waals surface area contributed by atoms with Gasteiger partial charge in [-0.2, -0.15) is 0 Å². The van der Waals surface area contributed by atoms with Gasteiger partial charge in [0.2, 0.25) is 11.9 Å². The van der Waals surface area contributed by atoms with Gasteiger partial charge in [0.15, 0.2) is 11.0 Å². The molecule has 1 aromatic carbocycles. The maximum atomic E-state index is 12.8. The highest BCUT2D eigenvalue weighted by Gasteiger charge is 2.22. The number of benzene rings is 1. The van der Waals surface area contributed by atoms with E-state index in [2.05, 4.69) is 25.3 Å². The Labute approximate surface area is 292 Å². The SMILES string of the molecule is CN(CC(C)(C)CCC(=O)O)Oc1ccc(S(=O)Nc2ncc(C(=O)NCCOCCOCC(=O)NCCOCCOCC(=O)O)cn2)cc1. The minimum atomic E-state index is -1.69. The smallest absolute Gasteiger partial charge is 0.329 e. The van der Waals surface area contributed by atoms with E-state index in [1.165, 1.54) is 12.4 Å². The maximum Gasteiger partial charge on any atom is 0.329 e. The van der Waals surface area contributed by atoms with Crippen molar-refractivity contribution in [1.82, 2.24) is 25.7 Å². The molecule has 0 radical (unpaired) electrons. The van der Waals surface area contributed by atoms with Crippen LogP contribution >= 0.6 is 0 Å². The number of hydroxylamine groups is 2. The van der Waals surface area contributed by atoms with Gasteiger partial charge in [-0.1, -0.05) is 13.8 Å². The van der Waals surface area contributed by atoms with Gasteiger partial charge in [-0.15, -0.1) is 5.06 Å². The molecule has 50 heavy (non-hydrogen) atoms. The first-order valence-electron chi connectivity index (χ1n) is 15.6. The Morgan fingerprint density at radius 1 is 0.820 bits per heavy atom. The number of hydrogen-bond donors (Lipinski definition) is 5. The fraction of sp³-hybridized carbons (Fsp3) is 0.548. The van der Waals surface area contributed by atoms with Gasteiger partial charge in [0.05, 0.1) is 50.1 Å². The molecule has 2 rings (SSSR count). The quantitative estimate of drug-likeness (QED) is 0.0630. The summed E-state index contributed by atoms with van der Waals surface area (Å²) in [6.07, 6.45) is 3.18. The molecule has 0 aliphatic rings. The topological polar surface area (TPSA) is 237 Å². The van der Waals surface area contributed by atoms with E-state index in [-0.39, 0.29) is 95.2 Å². The van der Waals surface area contributed by atoms with Crippen molar-refractivity contribution in [2.24, 2.45) is 5.41 Å². The van der Waals surface area contributed by atoms with Gasteiger partial charge in [-0.25, -0.2) is 19.0 Å². The van der Waals surface area contributed by atoms with Crippen LogP contribution < -0.4 is 20.2 Å². The molecule has 2 amide bonds. The van der Waals surface area contributed by atoms with Crippen LogP contribution in [0.1, 0.15) is 37.0 Å². The van der Waals surface area contributed by atoms with Gasteiger partial charge in [-0.05, 0) is 36.1 Å². The van der Waals surface area contributed by atoms with E-state index in [1.54, 1.807) is 36.4 Å². The van der Waals surface area contributed by atoms with Crippen LogP contribution in [0.5, 0.6) is 5.75 Å². The van der Waals surface area contributed by atoms with Crippen molar-refractivity contribution in [3.8, 4) is 5.75 Å². The minimum Gasteiger partial charge on any atom is -0.481 e. The summed E-state index contributed by atoms with van der Waals surface area (Å²) < 4.78 is 36.1. The lowest BCUT2D eigenvalue weighted by Crippen LogP contribution is -2.34. The lowest BCUT2D eigenvalue weighted by atomic mass is 9.88. The highest BCUT2D eigenvalue weighted by Crippen LogP contribution is 2.24. The third-order valence-corrected chi connectivity index (χ3v) is 7.43. The Hall–Kier alpha value is -4.27. The summed E-state index contributed by atoms with van der Waals surface area (Å²) in [6.45, 7) is 5.58. The van der Waals surface area contributed by atoms with Crippen molar-refractivity contribution < 1.29 is 57.4 Å². The maximum absolute atomic E-state index is 12.8. The number of hydrogen-bond acceptors (Lipinski definition) is 13. The number of ether oxygens (including phenoxy) is 4. The molecule has 1 unspecified atom stereocenters. The molecule has 0 bridgehead atoms. The van der Waals surface area contributed by atoms with Crippen LogP contribution in [0, 0.1) is 5.41 Å². The average Bonchev–Trinajstić information content (AvgIpc) is 3.06. The zero-order chi connectivity index (χ0) is 36.8. The number of anilines is 1. The highest BCUT2D eigenvalue weighted by atomic mass is 32.2. The summed E-state index contributed by atoms with van der Waals surface area (Å²) in [5, 5.41) is 24.3. The van der Waals surface area contributed by atoms with Crippen LogP contribution in [-0.4, -0.2) is 133 Å². The van der Waals surface area contributed by atoms with Gasteiger partial charge >= 0.3 is 11.9 Å². The lowest BCUT2D eigenvalue weighted by molar-refractivity contribution is -0.143. The molecule has 278 valence electrons. The van der Waals surface area contributed by atoms with E-state index in [0.29, 0.717) is 23.6 Å². The molecule has 1 atom stereocenters. The van der Waals surface area contributed by atoms with Crippen LogP contribution in [0.15, 0.2) is 41.6 Å². The molecule has 0 saturated heterocycles. The molecule has 1 heterocycles. The fourth-order valence-corrected chi connectivity index (χ4v) is 4.79. The molecule has 0 aliphatic heterocycles. The standard InChI is InChI=1S/C31H46N6O12S/c1-31(2,9-8-27(39)40)22-37(3)49-24-4-6-25(7-5-24)50(44)36-30-34-18-23(19-35-30)29(43)33-11-13-46-14-16-47-20-26(38)32-10-12-45-15-17-48-21-28(41)42/h4-7,18-19H,8-17,20-22H2,1-3H3,(H,32,38)(H,33,43)(H,39,40)(H,41,42)(H,34,35,36). The van der Waals surface area contributed by atoms with E-state index in [1.807, 2.05) is 13.8 Å². The van der Waals surface area contributed by atoms with Gasteiger partial charge in [0, 0.05) is 45.5 Å². The van der Waals surface area contributed by atoms with E-state index in [4.69, 9.17) is 34.0 Å². The first-order valence-corrected chi connectivity index (χ1v) is 16.8. The van der Waals surface area contributed by atoms with E-state index >= 15 is 0 Å². The summed E-state index contributed by atoms with van der Waals surface area (Å²) in [4.78, 5) is 59.7. The molecule has 2 aromatic rings. The predicted octanol–water partition coefficient (Wildman–Crippen LogP) is 0.725. The number of nitrogens with zero attached hydrogens (tertiary/aromatic N) is 3. The van der Waals surface area contributed by atoms with E-state index < -0.39 is 28.8 Å². The molecule has 0 spiro atoms. The largest absolute Gasteiger partial charge is 0.481 e. The molecule has 0 aliphatic carbocycles. The van der Waals surface area contributed by atoms with Crippen molar-refractivity contribution in [2.45, 2.75) is 31.6 Å². The number of rotatable bonds is 27. The second-order valence-electron chi connectivity index (χ2n) is 11.4. The number of aromatic nitrogens is 2. The molecular formula is C31H46N6O12S. The molecule has 5 N–H and O–H groups in total.